The number of H-pyrrole nitrogens is 1. The molecule has 0 radical (unpaired) electrons. The zero-order valence-corrected chi connectivity index (χ0v) is 12.8. The first-order valence-electron chi connectivity index (χ1n) is 6.86. The van der Waals surface area contributed by atoms with Gasteiger partial charge < -0.3 is 20.1 Å². The second-order valence-corrected chi connectivity index (χ2v) is 4.55. The van der Waals surface area contributed by atoms with Crippen LogP contribution in [0.4, 0.5) is 5.69 Å². The third kappa shape index (κ3) is 4.14. The van der Waals surface area contributed by atoms with Gasteiger partial charge in [0.15, 0.2) is 0 Å². The minimum Gasteiger partial charge on any atom is -0.497 e. The molecule has 1 amide bonds. The van der Waals surface area contributed by atoms with Crippen LogP contribution in [0.1, 0.15) is 16.1 Å². The summed E-state index contributed by atoms with van der Waals surface area (Å²) in [5.74, 6) is 0.975. The molecular weight excluding hydrogens is 298 g/mol. The minimum atomic E-state index is -0.371. The van der Waals surface area contributed by atoms with Gasteiger partial charge >= 0.3 is 0 Å². The van der Waals surface area contributed by atoms with Crippen molar-refractivity contribution in [3.63, 3.8) is 0 Å². The summed E-state index contributed by atoms with van der Waals surface area (Å²) in [5, 5.41) is 20.9. The first-order chi connectivity index (χ1) is 11.2. The maximum atomic E-state index is 11.9. The molecule has 3 N–H and O–H groups in total. The van der Waals surface area contributed by atoms with Crippen molar-refractivity contribution in [1.29, 1.82) is 5.26 Å². The molecule has 0 unspecified atom stereocenters. The Morgan fingerprint density at radius 3 is 2.57 bits per heavy atom. The van der Waals surface area contributed by atoms with E-state index in [1.54, 1.807) is 20.3 Å². The molecule has 1 aromatic carbocycles. The summed E-state index contributed by atoms with van der Waals surface area (Å²) in [4.78, 5) is 11.9. The number of hydrogen-bond acceptors (Lipinski definition) is 6. The summed E-state index contributed by atoms with van der Waals surface area (Å²) < 4.78 is 10.4. The van der Waals surface area contributed by atoms with Crippen LogP contribution in [0.2, 0.25) is 0 Å². The maximum Gasteiger partial charge on any atom is 0.270 e. The summed E-state index contributed by atoms with van der Waals surface area (Å²) >= 11 is 0. The van der Waals surface area contributed by atoms with Crippen LogP contribution in [0.3, 0.4) is 0 Å². The van der Waals surface area contributed by atoms with Crippen molar-refractivity contribution in [2.75, 3.05) is 32.6 Å². The van der Waals surface area contributed by atoms with E-state index < -0.39 is 0 Å². The Bertz CT molecular complexity index is 698. The number of nitriles is 1. The van der Waals surface area contributed by atoms with E-state index in [2.05, 4.69) is 20.8 Å². The maximum absolute atomic E-state index is 11.9. The number of nitrogens with one attached hydrogen (secondary N) is 3. The predicted molar refractivity (Wildman–Crippen MR) is 83.7 cm³/mol. The Morgan fingerprint density at radius 2 is 1.96 bits per heavy atom. The molecule has 0 aliphatic heterocycles. The highest BCUT2D eigenvalue weighted by Gasteiger charge is 2.12. The van der Waals surface area contributed by atoms with Crippen molar-refractivity contribution in [3.05, 3.63) is 35.7 Å². The summed E-state index contributed by atoms with van der Waals surface area (Å²) in [6.07, 6.45) is 1.32. The Hall–Kier alpha value is -3.21. The number of benzene rings is 1. The molecule has 8 nitrogen and oxygen atoms in total. The van der Waals surface area contributed by atoms with E-state index in [1.165, 1.54) is 6.20 Å². The van der Waals surface area contributed by atoms with Gasteiger partial charge in [-0.25, -0.2) is 0 Å². The number of ether oxygens (including phenoxy) is 2. The number of methoxy groups -OCH3 is 2. The van der Waals surface area contributed by atoms with E-state index in [-0.39, 0.29) is 17.2 Å². The van der Waals surface area contributed by atoms with E-state index in [1.807, 2.05) is 18.2 Å². The van der Waals surface area contributed by atoms with E-state index in [4.69, 9.17) is 14.7 Å². The van der Waals surface area contributed by atoms with Gasteiger partial charge in [0.05, 0.1) is 20.4 Å². The highest BCUT2D eigenvalue weighted by Crippen LogP contribution is 2.25. The van der Waals surface area contributed by atoms with Crippen molar-refractivity contribution in [3.8, 4) is 17.6 Å². The summed E-state index contributed by atoms with van der Waals surface area (Å²) in [5.41, 5.74) is 1.19. The quantitative estimate of drug-likeness (QED) is 0.661. The molecule has 2 aromatic rings. The Labute approximate surface area is 133 Å². The molecule has 8 heteroatoms. The second kappa shape index (κ2) is 7.70. The van der Waals surface area contributed by atoms with Gasteiger partial charge in [0.25, 0.3) is 5.91 Å². The van der Waals surface area contributed by atoms with Crippen LogP contribution < -0.4 is 20.1 Å². The number of aromatic nitrogens is 2. The number of carbonyl (C=O) groups is 1. The van der Waals surface area contributed by atoms with E-state index in [0.29, 0.717) is 24.6 Å². The predicted octanol–water partition coefficient (Wildman–Crippen LogP) is 1.14. The van der Waals surface area contributed by atoms with Gasteiger partial charge in [0.1, 0.15) is 28.8 Å². The molecule has 0 atom stereocenters. The van der Waals surface area contributed by atoms with Gasteiger partial charge in [0.2, 0.25) is 0 Å². The van der Waals surface area contributed by atoms with Gasteiger partial charge in [-0.15, -0.1) is 0 Å². The molecule has 0 fully saturated rings. The highest BCUT2D eigenvalue weighted by atomic mass is 16.5. The third-order valence-corrected chi connectivity index (χ3v) is 3.08. The van der Waals surface area contributed by atoms with Crippen LogP contribution in [-0.2, 0) is 0 Å². The Kier molecular flexibility index (Phi) is 5.41. The molecule has 0 spiro atoms. The van der Waals surface area contributed by atoms with Crippen molar-refractivity contribution in [2.24, 2.45) is 0 Å². The van der Waals surface area contributed by atoms with Crippen LogP contribution >= 0.6 is 0 Å². The lowest BCUT2D eigenvalue weighted by molar-refractivity contribution is 0.0950. The summed E-state index contributed by atoms with van der Waals surface area (Å²) in [7, 11) is 3.16. The van der Waals surface area contributed by atoms with Gasteiger partial charge in [0, 0.05) is 37.0 Å². The van der Waals surface area contributed by atoms with Gasteiger partial charge in [-0.2, -0.15) is 10.4 Å². The molecule has 2 rings (SSSR count). The van der Waals surface area contributed by atoms with Gasteiger partial charge in [-0.05, 0) is 0 Å². The van der Waals surface area contributed by atoms with Crippen LogP contribution in [0.15, 0.2) is 24.4 Å². The van der Waals surface area contributed by atoms with Crippen LogP contribution in [0.25, 0.3) is 0 Å². The number of anilines is 1. The molecule has 0 saturated carbocycles. The first kappa shape index (κ1) is 16.2. The standard InChI is InChI=1S/C15H17N5O3/c1-22-12-5-11(6-13(7-12)23-2)17-3-4-18-15(21)14-10(8-16)9-19-20-14/h5-7,9,17H,3-4H2,1-2H3,(H,18,21)(H,19,20). The van der Waals surface area contributed by atoms with Crippen LogP contribution in [0.5, 0.6) is 11.5 Å². The van der Waals surface area contributed by atoms with Crippen molar-refractivity contribution in [2.45, 2.75) is 0 Å². The highest BCUT2D eigenvalue weighted by molar-refractivity contribution is 5.94. The van der Waals surface area contributed by atoms with Gasteiger partial charge in [-0.1, -0.05) is 0 Å². The Balaban J connectivity index is 1.86. The molecule has 120 valence electrons. The molecule has 23 heavy (non-hydrogen) atoms. The smallest absolute Gasteiger partial charge is 0.270 e. The van der Waals surface area contributed by atoms with Crippen LogP contribution in [-0.4, -0.2) is 43.4 Å². The topological polar surface area (TPSA) is 112 Å². The molecule has 0 aliphatic rings. The lowest BCUT2D eigenvalue weighted by Gasteiger charge is -2.11. The van der Waals surface area contributed by atoms with E-state index >= 15 is 0 Å². The average Bonchev–Trinajstić information content (AvgIpc) is 3.06. The lowest BCUT2D eigenvalue weighted by atomic mass is 10.2. The Morgan fingerprint density at radius 1 is 1.26 bits per heavy atom. The molecule has 0 saturated heterocycles. The molecule has 1 aromatic heterocycles. The van der Waals surface area contributed by atoms with E-state index in [9.17, 15) is 4.79 Å². The molecule has 0 bridgehead atoms. The van der Waals surface area contributed by atoms with Crippen molar-refractivity contribution < 1.29 is 14.3 Å². The first-order valence-corrected chi connectivity index (χ1v) is 6.86. The van der Waals surface area contributed by atoms with Crippen molar-refractivity contribution >= 4 is 11.6 Å². The number of nitrogens with zero attached hydrogens (tertiary/aromatic N) is 2. The second-order valence-electron chi connectivity index (χ2n) is 4.55. The summed E-state index contributed by atoms with van der Waals surface area (Å²) in [6.45, 7) is 0.875. The molecule has 0 aliphatic carbocycles. The molecule has 1 heterocycles. The number of aromatic amines is 1. The van der Waals surface area contributed by atoms with Crippen molar-refractivity contribution in [1.82, 2.24) is 15.5 Å². The monoisotopic (exact) mass is 315 g/mol. The molecular formula is C15H17N5O3. The number of hydrogen-bond donors (Lipinski definition) is 3. The number of amides is 1. The van der Waals surface area contributed by atoms with Crippen LogP contribution in [0, 0.1) is 11.3 Å². The number of carbonyl (C=O) groups excluding carboxylic acids is 1. The number of rotatable bonds is 7. The largest absolute Gasteiger partial charge is 0.497 e. The normalized spacial score (nSPS) is 9.78. The zero-order chi connectivity index (χ0) is 16.7. The van der Waals surface area contributed by atoms with E-state index in [0.717, 1.165) is 5.69 Å². The summed E-state index contributed by atoms with van der Waals surface area (Å²) in [6, 6.07) is 7.33. The lowest BCUT2D eigenvalue weighted by Crippen LogP contribution is -2.29. The fraction of sp³-hybridized carbons (Fsp3) is 0.267. The SMILES string of the molecule is COc1cc(NCCNC(=O)c2[nH]ncc2C#N)cc(OC)c1. The zero-order valence-electron chi connectivity index (χ0n) is 12.8. The minimum absolute atomic E-state index is 0.163. The van der Waals surface area contributed by atoms with Gasteiger partial charge in [-0.3, -0.25) is 9.89 Å². The fourth-order valence-corrected chi connectivity index (χ4v) is 1.92. The average molecular weight is 315 g/mol. The fourth-order valence-electron chi connectivity index (χ4n) is 1.92. The third-order valence-electron chi connectivity index (χ3n) is 3.08.